The lowest BCUT2D eigenvalue weighted by Crippen LogP contribution is -2.36. The molecule has 1 amide bonds. The predicted octanol–water partition coefficient (Wildman–Crippen LogP) is 3.21. The van der Waals surface area contributed by atoms with Crippen molar-refractivity contribution in [2.45, 2.75) is 6.42 Å². The molecule has 5 rings (SSSR count). The molecule has 8 heteroatoms. The molecule has 2 unspecified atom stereocenters. The molecule has 0 aliphatic heterocycles. The second kappa shape index (κ2) is 6.49. The lowest BCUT2D eigenvalue weighted by molar-refractivity contribution is -0.146. The van der Waals surface area contributed by atoms with Crippen LogP contribution in [0.5, 0.6) is 0 Å². The third kappa shape index (κ3) is 2.77. The van der Waals surface area contributed by atoms with Gasteiger partial charge in [-0.3, -0.25) is 9.59 Å². The molecule has 2 aliphatic rings. The van der Waals surface area contributed by atoms with Gasteiger partial charge in [-0.25, -0.2) is 15.0 Å². The van der Waals surface area contributed by atoms with Crippen LogP contribution in [0.4, 0.5) is 5.13 Å². The van der Waals surface area contributed by atoms with Crippen LogP contribution in [-0.2, 0) is 9.59 Å². The average molecular weight is 392 g/mol. The number of nitrogens with one attached hydrogen (secondary N) is 1. The highest BCUT2D eigenvalue weighted by Gasteiger charge is 2.51. The van der Waals surface area contributed by atoms with Crippen LogP contribution in [0, 0.1) is 23.7 Å². The van der Waals surface area contributed by atoms with E-state index >= 15 is 0 Å². The molecule has 7 nitrogen and oxygen atoms in total. The van der Waals surface area contributed by atoms with Crippen LogP contribution in [0.25, 0.3) is 21.3 Å². The number of fused-ring (bicyclic) bond motifs is 3. The van der Waals surface area contributed by atoms with E-state index in [0.717, 1.165) is 27.8 Å². The third-order valence-corrected chi connectivity index (χ3v) is 6.49. The molecule has 28 heavy (non-hydrogen) atoms. The number of carbonyl (C=O) groups is 2. The minimum Gasteiger partial charge on any atom is -0.481 e. The van der Waals surface area contributed by atoms with E-state index in [0.29, 0.717) is 5.13 Å². The van der Waals surface area contributed by atoms with Gasteiger partial charge in [0, 0.05) is 18.0 Å². The number of aromatic nitrogens is 3. The fraction of sp³-hybridized carbons (Fsp3) is 0.250. The zero-order chi connectivity index (χ0) is 19.3. The van der Waals surface area contributed by atoms with E-state index < -0.39 is 17.8 Å². The summed E-state index contributed by atoms with van der Waals surface area (Å²) < 4.78 is 0.930. The van der Waals surface area contributed by atoms with Gasteiger partial charge < -0.3 is 10.4 Å². The van der Waals surface area contributed by atoms with E-state index in [2.05, 4.69) is 20.3 Å². The van der Waals surface area contributed by atoms with Gasteiger partial charge in [0.25, 0.3) is 0 Å². The number of carbonyl (C=O) groups excluding carboxylic acids is 1. The molecule has 2 heterocycles. The number of hydrogen-bond acceptors (Lipinski definition) is 6. The number of nitrogens with zero attached hydrogens (tertiary/aromatic N) is 3. The molecule has 2 bridgehead atoms. The molecule has 3 aromatic rings. The Balaban J connectivity index is 1.40. The lowest BCUT2D eigenvalue weighted by atomic mass is 9.82. The summed E-state index contributed by atoms with van der Waals surface area (Å²) in [6.45, 7) is 0. The number of rotatable bonds is 4. The first-order valence-electron chi connectivity index (χ1n) is 8.98. The topological polar surface area (TPSA) is 105 Å². The monoisotopic (exact) mass is 392 g/mol. The number of amides is 1. The molecule has 1 aromatic carbocycles. The average Bonchev–Trinajstić information content (AvgIpc) is 3.41. The number of thiazole rings is 1. The number of carboxylic acid groups (broad SMARTS) is 1. The molecule has 2 aliphatic carbocycles. The van der Waals surface area contributed by atoms with Gasteiger partial charge in [-0.05, 0) is 36.0 Å². The largest absolute Gasteiger partial charge is 0.481 e. The summed E-state index contributed by atoms with van der Waals surface area (Å²) in [5, 5.41) is 12.9. The quantitative estimate of drug-likeness (QED) is 0.661. The summed E-state index contributed by atoms with van der Waals surface area (Å²) in [7, 11) is 0. The van der Waals surface area contributed by atoms with Gasteiger partial charge in [0.2, 0.25) is 5.91 Å². The molecule has 4 atom stereocenters. The smallest absolute Gasteiger partial charge is 0.307 e. The van der Waals surface area contributed by atoms with Crippen molar-refractivity contribution >= 4 is 38.6 Å². The summed E-state index contributed by atoms with van der Waals surface area (Å²) in [6.07, 6.45) is 9.61. The second-order valence-electron chi connectivity index (χ2n) is 7.16. The van der Waals surface area contributed by atoms with Gasteiger partial charge in [0.05, 0.1) is 22.1 Å². The molecule has 0 spiro atoms. The molecule has 1 fully saturated rings. The van der Waals surface area contributed by atoms with Crippen molar-refractivity contribution < 1.29 is 14.7 Å². The third-order valence-electron chi connectivity index (χ3n) is 5.56. The first kappa shape index (κ1) is 17.0. The van der Waals surface area contributed by atoms with E-state index in [9.17, 15) is 14.7 Å². The summed E-state index contributed by atoms with van der Waals surface area (Å²) in [6, 6.07) is 5.82. The lowest BCUT2D eigenvalue weighted by Gasteiger charge is -2.23. The molecule has 2 N–H and O–H groups in total. The molecule has 2 aromatic heterocycles. The van der Waals surface area contributed by atoms with E-state index in [4.69, 9.17) is 0 Å². The van der Waals surface area contributed by atoms with Crippen LogP contribution in [0.2, 0.25) is 0 Å². The minimum atomic E-state index is -0.906. The maximum Gasteiger partial charge on any atom is 0.307 e. The highest BCUT2D eigenvalue weighted by Crippen LogP contribution is 2.48. The van der Waals surface area contributed by atoms with Crippen LogP contribution in [0.1, 0.15) is 6.42 Å². The van der Waals surface area contributed by atoms with Crippen LogP contribution >= 0.6 is 11.3 Å². The van der Waals surface area contributed by atoms with Gasteiger partial charge in [-0.15, -0.1) is 0 Å². The SMILES string of the molecule is O=C(Nc1nc2ccc(-c3cncnc3)cc2s1)[C@@H]1C2C=CC(C2)[C@@H]1C(=O)O. The summed E-state index contributed by atoms with van der Waals surface area (Å²) in [5.74, 6) is -2.43. The first-order valence-corrected chi connectivity index (χ1v) is 9.80. The molecule has 140 valence electrons. The Morgan fingerprint density at radius 2 is 1.82 bits per heavy atom. The van der Waals surface area contributed by atoms with E-state index in [1.54, 1.807) is 12.4 Å². The van der Waals surface area contributed by atoms with Crippen LogP contribution in [0.15, 0.2) is 49.1 Å². The fourth-order valence-corrected chi connectivity index (χ4v) is 5.22. The Kier molecular flexibility index (Phi) is 3.94. The standard InChI is InChI=1S/C20H16N4O3S/c25-18(16-11-1-2-12(5-11)17(16)19(26)27)24-20-23-14-4-3-10(6-15(14)28-20)13-7-21-9-22-8-13/h1-4,6-9,11-12,16-17H,5H2,(H,26,27)(H,23,24,25)/t11?,12?,16-,17+/m1/s1. The molecular formula is C20H16N4O3S. The van der Waals surface area contributed by atoms with Crippen molar-refractivity contribution in [3.8, 4) is 11.1 Å². The normalized spacial score (nSPS) is 25.3. The van der Waals surface area contributed by atoms with Crippen LogP contribution in [0.3, 0.4) is 0 Å². The summed E-state index contributed by atoms with van der Waals surface area (Å²) in [5.41, 5.74) is 2.66. The van der Waals surface area contributed by atoms with E-state index in [-0.39, 0.29) is 17.7 Å². The molecule has 0 radical (unpaired) electrons. The number of aliphatic carboxylic acids is 1. The Morgan fingerprint density at radius 3 is 2.57 bits per heavy atom. The number of benzene rings is 1. The molecule has 0 saturated heterocycles. The van der Waals surface area contributed by atoms with Gasteiger partial charge in [0.1, 0.15) is 6.33 Å². The number of hydrogen-bond donors (Lipinski definition) is 2. The van der Waals surface area contributed by atoms with Gasteiger partial charge >= 0.3 is 5.97 Å². The maximum atomic E-state index is 12.8. The maximum absolute atomic E-state index is 12.8. The van der Waals surface area contributed by atoms with Crippen LogP contribution < -0.4 is 5.32 Å². The summed E-state index contributed by atoms with van der Waals surface area (Å²) in [4.78, 5) is 37.0. The van der Waals surface area contributed by atoms with Gasteiger partial charge in [-0.2, -0.15) is 0 Å². The Hall–Kier alpha value is -3.13. The van der Waals surface area contributed by atoms with E-state index in [1.807, 2.05) is 30.4 Å². The summed E-state index contributed by atoms with van der Waals surface area (Å²) >= 11 is 1.37. The highest BCUT2D eigenvalue weighted by atomic mass is 32.1. The van der Waals surface area contributed by atoms with Crippen molar-refractivity contribution in [1.82, 2.24) is 15.0 Å². The van der Waals surface area contributed by atoms with E-state index in [1.165, 1.54) is 17.7 Å². The first-order chi connectivity index (χ1) is 13.6. The predicted molar refractivity (Wildman–Crippen MR) is 105 cm³/mol. The Labute approximate surface area is 164 Å². The Morgan fingerprint density at radius 1 is 1.07 bits per heavy atom. The molecular weight excluding hydrogens is 376 g/mol. The molecule has 1 saturated carbocycles. The minimum absolute atomic E-state index is 0.00911. The second-order valence-corrected chi connectivity index (χ2v) is 8.19. The van der Waals surface area contributed by atoms with Crippen molar-refractivity contribution in [2.24, 2.45) is 23.7 Å². The van der Waals surface area contributed by atoms with Crippen LogP contribution in [-0.4, -0.2) is 31.9 Å². The zero-order valence-corrected chi connectivity index (χ0v) is 15.5. The van der Waals surface area contributed by atoms with Crippen molar-refractivity contribution in [3.63, 3.8) is 0 Å². The van der Waals surface area contributed by atoms with Crippen molar-refractivity contribution in [3.05, 3.63) is 49.1 Å². The highest BCUT2D eigenvalue weighted by molar-refractivity contribution is 7.22. The van der Waals surface area contributed by atoms with Crippen molar-refractivity contribution in [2.75, 3.05) is 5.32 Å². The van der Waals surface area contributed by atoms with Gasteiger partial charge in [-0.1, -0.05) is 29.6 Å². The van der Waals surface area contributed by atoms with Gasteiger partial charge in [0.15, 0.2) is 5.13 Å². The number of allylic oxidation sites excluding steroid dienone is 2. The fourth-order valence-electron chi connectivity index (χ4n) is 4.31. The number of anilines is 1. The number of carboxylic acids is 1. The Bertz CT molecular complexity index is 1110. The zero-order valence-electron chi connectivity index (χ0n) is 14.6. The van der Waals surface area contributed by atoms with Crippen molar-refractivity contribution in [1.29, 1.82) is 0 Å².